The number of nitrogens with zero attached hydrogens (tertiary/aromatic N) is 2. The van der Waals surface area contributed by atoms with Gasteiger partial charge in [-0.3, -0.25) is 0 Å². The Bertz CT molecular complexity index is 3140. The van der Waals surface area contributed by atoms with Crippen LogP contribution in [0.3, 0.4) is 0 Å². The summed E-state index contributed by atoms with van der Waals surface area (Å²) in [5.41, 5.74) is 18.9. The third kappa shape index (κ3) is 12.0. The van der Waals surface area contributed by atoms with Crippen LogP contribution in [0.15, 0.2) is 244 Å². The van der Waals surface area contributed by atoms with Crippen LogP contribution in [0.25, 0.3) is 23.3 Å². The van der Waals surface area contributed by atoms with Gasteiger partial charge in [-0.1, -0.05) is 157 Å². The number of hydrogen-bond donors (Lipinski definition) is 0. The van der Waals surface area contributed by atoms with Crippen molar-refractivity contribution >= 4 is 69.4 Å². The molecule has 0 saturated heterocycles. The summed E-state index contributed by atoms with van der Waals surface area (Å²) in [7, 11) is 0. The quantitative estimate of drug-likeness (QED) is 0.0416. The van der Waals surface area contributed by atoms with E-state index in [9.17, 15) is 9.59 Å². The van der Waals surface area contributed by atoms with Crippen LogP contribution < -0.4 is 19.3 Å². The molecule has 0 aliphatic rings. The highest BCUT2D eigenvalue weighted by Gasteiger charge is 2.16. The fraction of sp³-hybridized carbons (Fsp3) is 0.0588. The highest BCUT2D eigenvalue weighted by Crippen LogP contribution is 2.38. The molecule has 6 nitrogen and oxygen atoms in total. The van der Waals surface area contributed by atoms with Crippen molar-refractivity contribution in [2.45, 2.75) is 27.7 Å². The van der Waals surface area contributed by atoms with Crippen molar-refractivity contribution in [3.05, 3.63) is 299 Å². The molecule has 9 rings (SSSR count). The highest BCUT2D eigenvalue weighted by molar-refractivity contribution is 5.95. The normalized spacial score (nSPS) is 11.4. The monoisotopic (exact) mass is 964 g/mol. The first-order chi connectivity index (χ1) is 36.0. The highest BCUT2D eigenvalue weighted by atomic mass is 16.5. The minimum atomic E-state index is -0.520. The zero-order valence-corrected chi connectivity index (χ0v) is 42.0. The summed E-state index contributed by atoms with van der Waals surface area (Å²) in [5, 5.41) is 0. The third-order valence-electron chi connectivity index (χ3n) is 12.7. The molecule has 74 heavy (non-hydrogen) atoms. The summed E-state index contributed by atoms with van der Waals surface area (Å²) < 4.78 is 10.9. The van der Waals surface area contributed by atoms with E-state index in [2.05, 4.69) is 233 Å². The fourth-order valence-corrected chi connectivity index (χ4v) is 8.66. The molecule has 0 spiro atoms. The molecule has 0 atom stereocenters. The molecule has 0 saturated carbocycles. The smallest absolute Gasteiger partial charge is 0.335 e. The Morgan fingerprint density at radius 2 is 0.541 bits per heavy atom. The molecule has 0 aliphatic heterocycles. The average molecular weight is 965 g/mol. The molecule has 362 valence electrons. The molecule has 6 heteroatoms. The van der Waals surface area contributed by atoms with Crippen LogP contribution in [0.1, 0.15) is 55.6 Å². The van der Waals surface area contributed by atoms with Gasteiger partial charge in [0.15, 0.2) is 0 Å². The first-order valence-corrected chi connectivity index (χ1v) is 24.5. The van der Waals surface area contributed by atoms with Gasteiger partial charge in [0.2, 0.25) is 0 Å². The second kappa shape index (κ2) is 22.7. The topological polar surface area (TPSA) is 59.1 Å². The summed E-state index contributed by atoms with van der Waals surface area (Å²) in [6, 6.07) is 75.1. The number of esters is 2. The van der Waals surface area contributed by atoms with Crippen molar-refractivity contribution in [3.63, 3.8) is 0 Å². The predicted octanol–water partition coefficient (Wildman–Crippen LogP) is 17.2. The van der Waals surface area contributed by atoms with E-state index in [0.717, 1.165) is 90.8 Å². The summed E-state index contributed by atoms with van der Waals surface area (Å²) in [5.74, 6) is -0.186. The van der Waals surface area contributed by atoms with Crippen LogP contribution in [0.2, 0.25) is 0 Å². The number of hydrogen-bond acceptors (Lipinski definition) is 6. The van der Waals surface area contributed by atoms with Crippen molar-refractivity contribution in [1.29, 1.82) is 0 Å². The van der Waals surface area contributed by atoms with E-state index >= 15 is 0 Å². The lowest BCUT2D eigenvalue weighted by Gasteiger charge is -2.26. The van der Waals surface area contributed by atoms with Gasteiger partial charge < -0.3 is 19.3 Å². The molecular formula is C68H56N2O4. The van der Waals surface area contributed by atoms with Gasteiger partial charge in [-0.05, 0) is 181 Å². The molecule has 0 unspecified atom stereocenters. The zero-order valence-electron chi connectivity index (χ0n) is 42.0. The SMILES string of the molecule is C=CC(=O)Oc1ccc(C(=Cc2ccc(N(c3ccc(C)cc3)c3ccc(C)cc3)cc2)c2ccc(C(=Cc3ccc(N(c4ccc(C)cc4)c4ccc(C)cc4)cc3)c3ccc(OC(=O)C=C)cc3)cc2)cc1. The van der Waals surface area contributed by atoms with Gasteiger partial charge in [-0.25, -0.2) is 9.59 Å². The number of ether oxygens (including phenoxy) is 2. The minimum Gasteiger partial charge on any atom is -0.423 e. The Kier molecular flexibility index (Phi) is 15.2. The van der Waals surface area contributed by atoms with Gasteiger partial charge in [-0.2, -0.15) is 0 Å². The van der Waals surface area contributed by atoms with E-state index in [4.69, 9.17) is 9.47 Å². The Morgan fingerprint density at radius 1 is 0.324 bits per heavy atom. The first kappa shape index (κ1) is 49.5. The van der Waals surface area contributed by atoms with Gasteiger partial charge in [0.1, 0.15) is 11.5 Å². The van der Waals surface area contributed by atoms with Crippen LogP contribution >= 0.6 is 0 Å². The van der Waals surface area contributed by atoms with Crippen LogP contribution in [-0.4, -0.2) is 11.9 Å². The fourth-order valence-electron chi connectivity index (χ4n) is 8.66. The minimum absolute atomic E-state index is 0.427. The van der Waals surface area contributed by atoms with Gasteiger partial charge in [0, 0.05) is 46.3 Å². The van der Waals surface area contributed by atoms with E-state index in [-0.39, 0.29) is 0 Å². The summed E-state index contributed by atoms with van der Waals surface area (Å²) in [6.45, 7) is 15.5. The predicted molar refractivity (Wildman–Crippen MR) is 306 cm³/mol. The number of anilines is 6. The van der Waals surface area contributed by atoms with Gasteiger partial charge in [0.05, 0.1) is 0 Å². The van der Waals surface area contributed by atoms with Crippen molar-refractivity contribution < 1.29 is 19.1 Å². The Morgan fingerprint density at radius 3 is 0.770 bits per heavy atom. The van der Waals surface area contributed by atoms with E-state index in [1.54, 1.807) is 24.3 Å². The summed E-state index contributed by atoms with van der Waals surface area (Å²) >= 11 is 0. The number of carbonyl (C=O) groups excluding carboxylic acids is 2. The molecule has 9 aromatic carbocycles. The van der Waals surface area contributed by atoms with Gasteiger partial charge in [-0.15, -0.1) is 0 Å². The Labute approximate surface area is 434 Å². The molecule has 0 heterocycles. The van der Waals surface area contributed by atoms with Crippen LogP contribution in [-0.2, 0) is 9.59 Å². The first-order valence-electron chi connectivity index (χ1n) is 24.5. The largest absolute Gasteiger partial charge is 0.423 e. The standard InChI is InChI=1S/C68H56N2O4/c1-7-67(71)73-63-41-25-55(26-42-63)65(45-51-17-37-61(38-18-51)69(57-29-9-47(3)10-30-57)58-31-11-48(4)12-32-58)53-21-23-54(24-22-53)66(56-27-43-64(44-28-56)74-68(72)8-2)46-52-19-39-62(40-20-52)70(59-33-13-49(5)14-34-59)60-35-15-50(6)16-36-60/h7-46H,1-2H2,3-6H3. The second-order valence-electron chi connectivity index (χ2n) is 18.2. The number of rotatable bonds is 16. The number of carbonyl (C=O) groups is 2. The van der Waals surface area contributed by atoms with Crippen molar-refractivity contribution in [2.75, 3.05) is 9.80 Å². The van der Waals surface area contributed by atoms with Crippen molar-refractivity contribution in [3.8, 4) is 11.5 Å². The third-order valence-corrected chi connectivity index (χ3v) is 12.7. The molecule has 0 radical (unpaired) electrons. The molecular weight excluding hydrogens is 909 g/mol. The van der Waals surface area contributed by atoms with Crippen molar-refractivity contribution in [2.24, 2.45) is 0 Å². The summed E-state index contributed by atoms with van der Waals surface area (Å²) in [4.78, 5) is 28.7. The zero-order chi connectivity index (χ0) is 51.6. The van der Waals surface area contributed by atoms with Gasteiger partial charge in [0.25, 0.3) is 0 Å². The maximum Gasteiger partial charge on any atom is 0.335 e. The maximum atomic E-state index is 12.1. The molecule has 0 N–H and O–H groups in total. The van der Waals surface area contributed by atoms with E-state index in [0.29, 0.717) is 11.5 Å². The van der Waals surface area contributed by atoms with Crippen LogP contribution in [0, 0.1) is 27.7 Å². The van der Waals surface area contributed by atoms with Crippen LogP contribution in [0.4, 0.5) is 34.1 Å². The molecule has 0 aliphatic carbocycles. The van der Waals surface area contributed by atoms with E-state index in [1.807, 2.05) is 24.3 Å². The average Bonchev–Trinajstić information content (AvgIpc) is 3.43. The van der Waals surface area contributed by atoms with Gasteiger partial charge >= 0.3 is 11.9 Å². The molecule has 0 fully saturated rings. The Balaban J connectivity index is 1.09. The number of aryl methyl sites for hydroxylation is 4. The lowest BCUT2D eigenvalue weighted by atomic mass is 9.91. The molecule has 0 bridgehead atoms. The van der Waals surface area contributed by atoms with Crippen molar-refractivity contribution in [1.82, 2.24) is 0 Å². The second-order valence-corrected chi connectivity index (χ2v) is 18.2. The molecule has 9 aromatic rings. The molecule has 0 amide bonds. The van der Waals surface area contributed by atoms with E-state index < -0.39 is 11.9 Å². The lowest BCUT2D eigenvalue weighted by molar-refractivity contribution is -0.129. The van der Waals surface area contributed by atoms with Crippen LogP contribution in [0.5, 0.6) is 11.5 Å². The maximum absolute atomic E-state index is 12.1. The summed E-state index contributed by atoms with van der Waals surface area (Å²) in [6.07, 6.45) is 6.67. The van der Waals surface area contributed by atoms with E-state index in [1.165, 1.54) is 22.3 Å². The molecule has 0 aromatic heterocycles. The Hall–Kier alpha value is -9.52. The lowest BCUT2D eigenvalue weighted by Crippen LogP contribution is -2.09. The number of benzene rings is 9.